The Morgan fingerprint density at radius 1 is 1.67 bits per heavy atom. The molecule has 2 fully saturated rings. The van der Waals surface area contributed by atoms with Crippen LogP contribution in [0.4, 0.5) is 4.79 Å². The summed E-state index contributed by atoms with van der Waals surface area (Å²) in [4.78, 5) is 10.3. The first kappa shape index (κ1) is 7.86. The van der Waals surface area contributed by atoms with Crippen molar-refractivity contribution in [3.63, 3.8) is 0 Å². The highest BCUT2D eigenvalue weighted by molar-refractivity contribution is 5.65. The number of carboxylic acid groups (broad SMARTS) is 1. The molecule has 4 nitrogen and oxygen atoms in total. The van der Waals surface area contributed by atoms with Gasteiger partial charge in [-0.1, -0.05) is 0 Å². The van der Waals surface area contributed by atoms with Crippen LogP contribution in [0.5, 0.6) is 0 Å². The highest BCUT2D eigenvalue weighted by Crippen LogP contribution is 2.50. The fourth-order valence-corrected chi connectivity index (χ4v) is 2.16. The summed E-state index contributed by atoms with van der Waals surface area (Å²) in [5, 5.41) is 14.4. The number of piperidine rings is 1. The van der Waals surface area contributed by atoms with E-state index in [1.165, 1.54) is 12.8 Å². The van der Waals surface area contributed by atoms with E-state index in [0.29, 0.717) is 0 Å². The minimum Gasteiger partial charge on any atom is -0.465 e. The van der Waals surface area contributed by atoms with Crippen LogP contribution in [-0.4, -0.2) is 30.3 Å². The summed E-state index contributed by atoms with van der Waals surface area (Å²) < 4.78 is 0. The van der Waals surface area contributed by atoms with Gasteiger partial charge in [0, 0.05) is 18.0 Å². The Bertz CT molecular complexity index is 199. The van der Waals surface area contributed by atoms with Crippen molar-refractivity contribution in [3.05, 3.63) is 0 Å². The fourth-order valence-electron chi connectivity index (χ4n) is 2.16. The molecule has 1 amide bonds. The largest absolute Gasteiger partial charge is 0.465 e. The van der Waals surface area contributed by atoms with Crippen molar-refractivity contribution in [1.29, 1.82) is 0 Å². The molecule has 1 aliphatic heterocycles. The molecule has 4 heteroatoms. The Labute approximate surface area is 71.3 Å². The van der Waals surface area contributed by atoms with Gasteiger partial charge in [0.15, 0.2) is 0 Å². The van der Waals surface area contributed by atoms with Crippen molar-refractivity contribution < 1.29 is 9.90 Å². The molecule has 2 rings (SSSR count). The zero-order valence-electron chi connectivity index (χ0n) is 6.97. The third-order valence-corrected chi connectivity index (χ3v) is 2.99. The molecule has 1 saturated heterocycles. The average molecular weight is 170 g/mol. The molecular formula is C8H14N2O2. The minimum atomic E-state index is -0.887. The van der Waals surface area contributed by atoms with E-state index in [9.17, 15) is 4.79 Å². The quantitative estimate of drug-likeness (QED) is 0.533. The number of hydrogen-bond donors (Lipinski definition) is 3. The topological polar surface area (TPSA) is 61.4 Å². The molecule has 3 N–H and O–H groups in total. The van der Waals surface area contributed by atoms with E-state index in [2.05, 4.69) is 10.6 Å². The zero-order valence-corrected chi connectivity index (χ0v) is 6.97. The van der Waals surface area contributed by atoms with Gasteiger partial charge in [0.25, 0.3) is 0 Å². The van der Waals surface area contributed by atoms with Gasteiger partial charge in [-0.15, -0.1) is 0 Å². The molecule has 2 unspecified atom stereocenters. The Kier molecular flexibility index (Phi) is 1.72. The highest BCUT2D eigenvalue weighted by Gasteiger charge is 2.54. The average Bonchev–Trinajstić information content (AvgIpc) is 2.63. The minimum absolute atomic E-state index is 0.211. The van der Waals surface area contributed by atoms with Gasteiger partial charge < -0.3 is 15.7 Å². The standard InChI is InChI=1S/C8H14N2O2/c11-7(12)10-6-4-8(6)2-1-3-9-5-8/h6,9-10H,1-5H2,(H,11,12). The van der Waals surface area contributed by atoms with E-state index in [1.54, 1.807) is 0 Å². The zero-order chi connectivity index (χ0) is 8.60. The van der Waals surface area contributed by atoms with Crippen molar-refractivity contribution in [3.8, 4) is 0 Å². The molecule has 1 aliphatic carbocycles. The van der Waals surface area contributed by atoms with Gasteiger partial charge in [-0.25, -0.2) is 4.79 Å². The molecule has 1 spiro atoms. The smallest absolute Gasteiger partial charge is 0.404 e. The maximum Gasteiger partial charge on any atom is 0.404 e. The maximum atomic E-state index is 10.3. The van der Waals surface area contributed by atoms with Gasteiger partial charge >= 0.3 is 6.09 Å². The van der Waals surface area contributed by atoms with Crippen molar-refractivity contribution in [2.75, 3.05) is 13.1 Å². The molecule has 0 aromatic carbocycles. The van der Waals surface area contributed by atoms with Crippen LogP contribution in [-0.2, 0) is 0 Å². The lowest BCUT2D eigenvalue weighted by atomic mass is 9.96. The third-order valence-electron chi connectivity index (χ3n) is 2.99. The summed E-state index contributed by atoms with van der Waals surface area (Å²) in [5.41, 5.74) is 0.274. The highest BCUT2D eigenvalue weighted by atomic mass is 16.4. The Hall–Kier alpha value is -0.770. The summed E-state index contributed by atoms with van der Waals surface area (Å²) in [6.07, 6.45) is 2.48. The van der Waals surface area contributed by atoms with E-state index < -0.39 is 6.09 Å². The van der Waals surface area contributed by atoms with Crippen LogP contribution in [0.3, 0.4) is 0 Å². The van der Waals surface area contributed by atoms with Crippen LogP contribution < -0.4 is 10.6 Å². The molecule has 2 atom stereocenters. The first-order chi connectivity index (χ1) is 5.73. The predicted octanol–water partition coefficient (Wildman–Crippen LogP) is 0.396. The van der Waals surface area contributed by atoms with Crippen LogP contribution >= 0.6 is 0 Å². The molecule has 0 aromatic heterocycles. The predicted molar refractivity (Wildman–Crippen MR) is 44.1 cm³/mol. The normalized spacial score (nSPS) is 39.5. The Morgan fingerprint density at radius 3 is 3.08 bits per heavy atom. The number of rotatable bonds is 1. The monoisotopic (exact) mass is 170 g/mol. The summed E-state index contributed by atoms with van der Waals surface area (Å²) in [7, 11) is 0. The van der Waals surface area contributed by atoms with Gasteiger partial charge in [-0.2, -0.15) is 0 Å². The van der Waals surface area contributed by atoms with Crippen molar-refractivity contribution in [1.82, 2.24) is 10.6 Å². The number of amides is 1. The van der Waals surface area contributed by atoms with E-state index in [-0.39, 0.29) is 11.5 Å². The lowest BCUT2D eigenvalue weighted by Crippen LogP contribution is -2.37. The number of carbonyl (C=O) groups is 1. The summed E-state index contributed by atoms with van der Waals surface area (Å²) in [6.45, 7) is 2.07. The molecule has 0 radical (unpaired) electrons. The summed E-state index contributed by atoms with van der Waals surface area (Å²) in [5.74, 6) is 0. The van der Waals surface area contributed by atoms with Crippen LogP contribution in [0.1, 0.15) is 19.3 Å². The van der Waals surface area contributed by atoms with Gasteiger partial charge in [-0.3, -0.25) is 0 Å². The van der Waals surface area contributed by atoms with Crippen molar-refractivity contribution >= 4 is 6.09 Å². The van der Waals surface area contributed by atoms with E-state index in [0.717, 1.165) is 19.5 Å². The molecular weight excluding hydrogens is 156 g/mol. The fraction of sp³-hybridized carbons (Fsp3) is 0.875. The first-order valence-corrected chi connectivity index (χ1v) is 4.43. The molecule has 68 valence electrons. The maximum absolute atomic E-state index is 10.3. The third kappa shape index (κ3) is 1.27. The van der Waals surface area contributed by atoms with Crippen molar-refractivity contribution in [2.24, 2.45) is 5.41 Å². The molecule has 1 heterocycles. The first-order valence-electron chi connectivity index (χ1n) is 4.43. The van der Waals surface area contributed by atoms with Gasteiger partial charge in [0.05, 0.1) is 0 Å². The molecule has 0 bridgehead atoms. The second kappa shape index (κ2) is 2.62. The van der Waals surface area contributed by atoms with E-state index >= 15 is 0 Å². The van der Waals surface area contributed by atoms with Gasteiger partial charge in [0.1, 0.15) is 0 Å². The molecule has 0 aromatic rings. The molecule has 2 aliphatic rings. The second-order valence-corrected chi connectivity index (χ2v) is 3.85. The van der Waals surface area contributed by atoms with Crippen LogP contribution in [0.2, 0.25) is 0 Å². The molecule has 1 saturated carbocycles. The lowest BCUT2D eigenvalue weighted by Gasteiger charge is -2.23. The van der Waals surface area contributed by atoms with Crippen LogP contribution in [0, 0.1) is 5.41 Å². The van der Waals surface area contributed by atoms with Crippen LogP contribution in [0.25, 0.3) is 0 Å². The lowest BCUT2D eigenvalue weighted by molar-refractivity contribution is 0.190. The van der Waals surface area contributed by atoms with Crippen molar-refractivity contribution in [2.45, 2.75) is 25.3 Å². The van der Waals surface area contributed by atoms with E-state index in [4.69, 9.17) is 5.11 Å². The van der Waals surface area contributed by atoms with Crippen LogP contribution in [0.15, 0.2) is 0 Å². The van der Waals surface area contributed by atoms with Gasteiger partial charge in [0.2, 0.25) is 0 Å². The van der Waals surface area contributed by atoms with Gasteiger partial charge in [-0.05, 0) is 25.8 Å². The SMILES string of the molecule is O=C(O)NC1CC12CCCNC2. The Morgan fingerprint density at radius 2 is 2.50 bits per heavy atom. The Balaban J connectivity index is 1.86. The number of hydrogen-bond acceptors (Lipinski definition) is 2. The molecule has 12 heavy (non-hydrogen) atoms. The summed E-state index contributed by atoms with van der Waals surface area (Å²) in [6, 6.07) is 0.211. The summed E-state index contributed by atoms with van der Waals surface area (Å²) >= 11 is 0. The number of nitrogens with one attached hydrogen (secondary N) is 2. The van der Waals surface area contributed by atoms with E-state index in [1.807, 2.05) is 0 Å². The second-order valence-electron chi connectivity index (χ2n) is 3.85.